The van der Waals surface area contributed by atoms with Gasteiger partial charge in [-0.05, 0) is 5.56 Å². The highest BCUT2D eigenvalue weighted by molar-refractivity contribution is 5.26. The lowest BCUT2D eigenvalue weighted by molar-refractivity contribution is 0.0309. The number of rotatable bonds is 4. The Kier molecular flexibility index (Phi) is 3.79. The SMILES string of the molecule is COCCN1CC(N)C(O)(c2ccccc2)C1. The van der Waals surface area contributed by atoms with Gasteiger partial charge in [0, 0.05) is 26.7 Å². The Morgan fingerprint density at radius 2 is 2.18 bits per heavy atom. The molecule has 1 saturated heterocycles. The largest absolute Gasteiger partial charge is 0.383 e. The van der Waals surface area contributed by atoms with Crippen molar-refractivity contribution in [2.45, 2.75) is 11.6 Å². The fourth-order valence-corrected chi connectivity index (χ4v) is 2.37. The number of ether oxygens (including phenoxy) is 1. The standard InChI is InChI=1S/C13H20N2O2/c1-17-8-7-15-9-12(14)13(16,10-15)11-5-3-2-4-6-11/h2-6,12,16H,7-10,14H2,1H3. The van der Waals surface area contributed by atoms with Crippen LogP contribution in [0.1, 0.15) is 5.56 Å². The van der Waals surface area contributed by atoms with Gasteiger partial charge in [0.15, 0.2) is 0 Å². The molecular formula is C13H20N2O2. The summed E-state index contributed by atoms with van der Waals surface area (Å²) < 4.78 is 5.05. The van der Waals surface area contributed by atoms with E-state index in [0.717, 1.165) is 12.1 Å². The summed E-state index contributed by atoms with van der Waals surface area (Å²) in [6, 6.07) is 9.41. The Labute approximate surface area is 102 Å². The van der Waals surface area contributed by atoms with E-state index >= 15 is 0 Å². The fraction of sp³-hybridized carbons (Fsp3) is 0.538. The molecule has 94 valence electrons. The summed E-state index contributed by atoms with van der Waals surface area (Å²) in [6.07, 6.45) is 0. The van der Waals surface area contributed by atoms with Crippen molar-refractivity contribution in [1.29, 1.82) is 0 Å². The van der Waals surface area contributed by atoms with E-state index in [0.29, 0.717) is 19.7 Å². The van der Waals surface area contributed by atoms with Gasteiger partial charge in [0.05, 0.1) is 12.6 Å². The lowest BCUT2D eigenvalue weighted by atomic mass is 9.90. The fourth-order valence-electron chi connectivity index (χ4n) is 2.37. The minimum atomic E-state index is -0.936. The first-order valence-electron chi connectivity index (χ1n) is 5.91. The van der Waals surface area contributed by atoms with Crippen molar-refractivity contribution in [2.75, 3.05) is 33.4 Å². The van der Waals surface area contributed by atoms with Crippen molar-refractivity contribution in [2.24, 2.45) is 5.73 Å². The van der Waals surface area contributed by atoms with Gasteiger partial charge in [-0.25, -0.2) is 0 Å². The Morgan fingerprint density at radius 3 is 2.82 bits per heavy atom. The van der Waals surface area contributed by atoms with E-state index < -0.39 is 5.60 Å². The summed E-state index contributed by atoms with van der Waals surface area (Å²) in [5.41, 5.74) is 6.04. The van der Waals surface area contributed by atoms with E-state index in [4.69, 9.17) is 10.5 Å². The predicted octanol–water partition coefficient (Wildman–Crippen LogP) is 0.164. The van der Waals surface area contributed by atoms with Crippen LogP contribution in [0.3, 0.4) is 0 Å². The van der Waals surface area contributed by atoms with Gasteiger partial charge >= 0.3 is 0 Å². The smallest absolute Gasteiger partial charge is 0.118 e. The first kappa shape index (κ1) is 12.5. The number of β-amino-alcohol motifs (C(OH)–C–C–N with tert-alkyl or cyclic N) is 1. The van der Waals surface area contributed by atoms with Crippen LogP contribution in [0.5, 0.6) is 0 Å². The minimum absolute atomic E-state index is 0.248. The molecule has 3 N–H and O–H groups in total. The maximum absolute atomic E-state index is 10.7. The van der Waals surface area contributed by atoms with Gasteiger partial charge < -0.3 is 15.6 Å². The van der Waals surface area contributed by atoms with Crippen LogP contribution in [-0.2, 0) is 10.3 Å². The zero-order valence-electron chi connectivity index (χ0n) is 10.2. The molecule has 17 heavy (non-hydrogen) atoms. The third kappa shape index (κ3) is 2.50. The molecule has 0 aromatic heterocycles. The third-order valence-corrected chi connectivity index (χ3v) is 3.42. The van der Waals surface area contributed by atoms with Crippen molar-refractivity contribution in [3.8, 4) is 0 Å². The minimum Gasteiger partial charge on any atom is -0.383 e. The molecule has 4 heteroatoms. The average Bonchev–Trinajstić information content (AvgIpc) is 2.65. The summed E-state index contributed by atoms with van der Waals surface area (Å²) in [4.78, 5) is 2.14. The normalized spacial score (nSPS) is 29.7. The lowest BCUT2D eigenvalue weighted by Crippen LogP contribution is -2.44. The molecule has 1 fully saturated rings. The maximum atomic E-state index is 10.7. The molecule has 4 nitrogen and oxygen atoms in total. The van der Waals surface area contributed by atoms with Crippen molar-refractivity contribution < 1.29 is 9.84 Å². The van der Waals surface area contributed by atoms with Gasteiger partial charge in [0.2, 0.25) is 0 Å². The molecule has 0 saturated carbocycles. The summed E-state index contributed by atoms with van der Waals surface area (Å²) >= 11 is 0. The first-order chi connectivity index (χ1) is 8.16. The van der Waals surface area contributed by atoms with E-state index in [2.05, 4.69) is 4.90 Å². The van der Waals surface area contributed by atoms with E-state index in [1.807, 2.05) is 30.3 Å². The molecule has 0 amide bonds. The molecule has 1 aliphatic heterocycles. The second kappa shape index (κ2) is 5.14. The number of benzene rings is 1. The zero-order chi connectivity index (χ0) is 12.3. The van der Waals surface area contributed by atoms with Crippen molar-refractivity contribution in [3.05, 3.63) is 35.9 Å². The van der Waals surface area contributed by atoms with Crippen molar-refractivity contribution in [1.82, 2.24) is 4.90 Å². The highest BCUT2D eigenvalue weighted by atomic mass is 16.5. The molecular weight excluding hydrogens is 216 g/mol. The molecule has 1 aliphatic rings. The number of hydrogen-bond donors (Lipinski definition) is 2. The summed E-state index contributed by atoms with van der Waals surface area (Å²) in [5.74, 6) is 0. The van der Waals surface area contributed by atoms with Crippen LogP contribution < -0.4 is 5.73 Å². The molecule has 0 spiro atoms. The number of hydrogen-bond acceptors (Lipinski definition) is 4. The summed E-state index contributed by atoms with van der Waals surface area (Å²) in [7, 11) is 1.68. The average molecular weight is 236 g/mol. The molecule has 0 radical (unpaired) electrons. The van der Waals surface area contributed by atoms with E-state index in [1.54, 1.807) is 7.11 Å². The highest BCUT2D eigenvalue weighted by Crippen LogP contribution is 2.30. The second-order valence-corrected chi connectivity index (χ2v) is 4.62. The quantitative estimate of drug-likeness (QED) is 0.782. The number of nitrogens with two attached hydrogens (primary N) is 1. The van der Waals surface area contributed by atoms with E-state index in [1.165, 1.54) is 0 Å². The second-order valence-electron chi connectivity index (χ2n) is 4.62. The Balaban J connectivity index is 2.11. The molecule has 1 heterocycles. The Bertz CT molecular complexity index is 358. The van der Waals surface area contributed by atoms with E-state index in [9.17, 15) is 5.11 Å². The monoisotopic (exact) mass is 236 g/mol. The van der Waals surface area contributed by atoms with Gasteiger partial charge in [-0.1, -0.05) is 30.3 Å². The Hall–Kier alpha value is -0.940. The van der Waals surface area contributed by atoms with Crippen LogP contribution >= 0.6 is 0 Å². The van der Waals surface area contributed by atoms with Gasteiger partial charge in [0.1, 0.15) is 5.60 Å². The van der Waals surface area contributed by atoms with Crippen LogP contribution in [0.4, 0.5) is 0 Å². The number of methoxy groups -OCH3 is 1. The highest BCUT2D eigenvalue weighted by Gasteiger charge is 2.44. The van der Waals surface area contributed by atoms with Crippen LogP contribution in [0, 0.1) is 0 Å². The van der Waals surface area contributed by atoms with Crippen molar-refractivity contribution in [3.63, 3.8) is 0 Å². The van der Waals surface area contributed by atoms with Crippen LogP contribution in [0.25, 0.3) is 0 Å². The molecule has 0 bridgehead atoms. The number of nitrogens with zero attached hydrogens (tertiary/aromatic N) is 1. The number of aliphatic hydroxyl groups is 1. The first-order valence-corrected chi connectivity index (χ1v) is 5.91. The molecule has 2 rings (SSSR count). The number of likely N-dealkylation sites (tertiary alicyclic amines) is 1. The topological polar surface area (TPSA) is 58.7 Å². The molecule has 1 aromatic rings. The lowest BCUT2D eigenvalue weighted by Gasteiger charge is -2.27. The van der Waals surface area contributed by atoms with E-state index in [-0.39, 0.29) is 6.04 Å². The zero-order valence-corrected chi connectivity index (χ0v) is 10.2. The van der Waals surface area contributed by atoms with Gasteiger partial charge in [-0.2, -0.15) is 0 Å². The molecule has 1 aromatic carbocycles. The molecule has 2 unspecified atom stereocenters. The summed E-state index contributed by atoms with van der Waals surface area (Å²) in [5, 5.41) is 10.7. The van der Waals surface area contributed by atoms with Gasteiger partial charge in [0.25, 0.3) is 0 Å². The summed E-state index contributed by atoms with van der Waals surface area (Å²) in [6.45, 7) is 2.74. The Morgan fingerprint density at radius 1 is 1.47 bits per heavy atom. The molecule has 2 atom stereocenters. The van der Waals surface area contributed by atoms with Gasteiger partial charge in [-0.15, -0.1) is 0 Å². The predicted molar refractivity (Wildman–Crippen MR) is 66.6 cm³/mol. The van der Waals surface area contributed by atoms with Crippen molar-refractivity contribution >= 4 is 0 Å². The van der Waals surface area contributed by atoms with Crippen LogP contribution in [-0.4, -0.2) is 49.4 Å². The van der Waals surface area contributed by atoms with Gasteiger partial charge in [-0.3, -0.25) is 4.90 Å². The third-order valence-electron chi connectivity index (χ3n) is 3.42. The van der Waals surface area contributed by atoms with Crippen LogP contribution in [0.2, 0.25) is 0 Å². The van der Waals surface area contributed by atoms with Crippen LogP contribution in [0.15, 0.2) is 30.3 Å². The maximum Gasteiger partial charge on any atom is 0.118 e. The molecule has 0 aliphatic carbocycles.